The number of rotatable bonds is 2. The molecule has 3 N–H and O–H groups in total. The second-order valence-electron chi connectivity index (χ2n) is 5.90. The van der Waals surface area contributed by atoms with Gasteiger partial charge in [-0.1, -0.05) is 0 Å². The molecule has 0 atom stereocenters. The van der Waals surface area contributed by atoms with Crippen molar-refractivity contribution < 1.29 is 8.42 Å². The highest BCUT2D eigenvalue weighted by Crippen LogP contribution is 2.34. The molecule has 0 amide bonds. The standard InChI is InChI=1S/C14H19N3O2S2/c1-14(2)9-17(5-6-20-14)21(18,19)13-8-16-12-7-10(15)3-4-11(12)13/h3-4,7-8,16H,5-6,9,15H2,1-2H3. The molecule has 0 radical (unpaired) electrons. The Morgan fingerprint density at radius 2 is 2.14 bits per heavy atom. The molecule has 2 aromatic rings. The van der Waals surface area contributed by atoms with Gasteiger partial charge in [0.25, 0.3) is 0 Å². The number of nitrogen functional groups attached to an aromatic ring is 1. The molecular formula is C14H19N3O2S2. The lowest BCUT2D eigenvalue weighted by molar-refractivity contribution is 0.388. The van der Waals surface area contributed by atoms with Gasteiger partial charge in [0.2, 0.25) is 10.0 Å². The highest BCUT2D eigenvalue weighted by molar-refractivity contribution is 8.00. The van der Waals surface area contributed by atoms with Crippen molar-refractivity contribution >= 4 is 38.4 Å². The van der Waals surface area contributed by atoms with E-state index < -0.39 is 10.0 Å². The van der Waals surface area contributed by atoms with Crippen LogP contribution < -0.4 is 5.73 Å². The number of aromatic nitrogens is 1. The van der Waals surface area contributed by atoms with E-state index in [0.717, 1.165) is 11.3 Å². The smallest absolute Gasteiger partial charge is 0.245 e. The molecule has 0 saturated carbocycles. The quantitative estimate of drug-likeness (QED) is 0.830. The first kappa shape index (κ1) is 14.7. The number of benzene rings is 1. The van der Waals surface area contributed by atoms with Crippen molar-refractivity contribution in [2.24, 2.45) is 0 Å². The number of fused-ring (bicyclic) bond motifs is 1. The van der Waals surface area contributed by atoms with Gasteiger partial charge in [0.1, 0.15) is 4.90 Å². The SMILES string of the molecule is CC1(C)CN(S(=O)(=O)c2c[nH]c3cc(N)ccc23)CCS1. The van der Waals surface area contributed by atoms with Crippen LogP contribution in [-0.2, 0) is 10.0 Å². The van der Waals surface area contributed by atoms with Crippen molar-refractivity contribution in [2.45, 2.75) is 23.5 Å². The van der Waals surface area contributed by atoms with Gasteiger partial charge in [-0.2, -0.15) is 16.1 Å². The van der Waals surface area contributed by atoms with E-state index >= 15 is 0 Å². The predicted octanol–water partition coefficient (Wildman–Crippen LogP) is 2.27. The topological polar surface area (TPSA) is 79.2 Å². The molecule has 114 valence electrons. The first-order chi connectivity index (χ1) is 9.79. The summed E-state index contributed by atoms with van der Waals surface area (Å²) in [6, 6.07) is 5.24. The molecule has 1 aromatic heterocycles. The van der Waals surface area contributed by atoms with Crippen LogP contribution in [-0.4, -0.2) is 41.3 Å². The average Bonchev–Trinajstić information content (AvgIpc) is 2.81. The number of anilines is 1. The fourth-order valence-corrected chi connectivity index (χ4v) is 5.72. The molecule has 1 aliphatic rings. The molecule has 0 spiro atoms. The summed E-state index contributed by atoms with van der Waals surface area (Å²) in [7, 11) is -3.48. The third-order valence-electron chi connectivity index (χ3n) is 3.68. The van der Waals surface area contributed by atoms with Gasteiger partial charge in [0, 0.05) is 46.4 Å². The van der Waals surface area contributed by atoms with Crippen LogP contribution in [0.2, 0.25) is 0 Å². The molecule has 5 nitrogen and oxygen atoms in total. The van der Waals surface area contributed by atoms with Gasteiger partial charge in [-0.15, -0.1) is 0 Å². The zero-order chi connectivity index (χ0) is 15.3. The summed E-state index contributed by atoms with van der Waals surface area (Å²) in [6.45, 7) is 5.24. The minimum Gasteiger partial charge on any atom is -0.399 e. The Morgan fingerprint density at radius 1 is 1.38 bits per heavy atom. The Balaban J connectivity index is 2.04. The van der Waals surface area contributed by atoms with Crippen molar-refractivity contribution in [3.8, 4) is 0 Å². The van der Waals surface area contributed by atoms with Crippen molar-refractivity contribution in [1.29, 1.82) is 0 Å². The van der Waals surface area contributed by atoms with Gasteiger partial charge in [-0.05, 0) is 32.0 Å². The number of aromatic amines is 1. The molecule has 21 heavy (non-hydrogen) atoms. The maximum atomic E-state index is 12.9. The van der Waals surface area contributed by atoms with Crippen LogP contribution in [0.3, 0.4) is 0 Å². The number of nitrogens with two attached hydrogens (primary N) is 1. The van der Waals surface area contributed by atoms with Gasteiger partial charge in [0.15, 0.2) is 0 Å². The van der Waals surface area contributed by atoms with E-state index in [1.807, 2.05) is 11.8 Å². The fraction of sp³-hybridized carbons (Fsp3) is 0.429. The monoisotopic (exact) mass is 325 g/mol. The maximum Gasteiger partial charge on any atom is 0.245 e. The molecule has 2 heterocycles. The van der Waals surface area contributed by atoms with Crippen molar-refractivity contribution in [3.63, 3.8) is 0 Å². The van der Waals surface area contributed by atoms with Crippen molar-refractivity contribution in [3.05, 3.63) is 24.4 Å². The summed E-state index contributed by atoms with van der Waals surface area (Å²) in [5, 5.41) is 0.695. The maximum absolute atomic E-state index is 12.9. The molecule has 1 aromatic carbocycles. The predicted molar refractivity (Wildman–Crippen MR) is 88.0 cm³/mol. The number of nitrogens with one attached hydrogen (secondary N) is 1. The lowest BCUT2D eigenvalue weighted by Crippen LogP contribution is -2.46. The summed E-state index contributed by atoms with van der Waals surface area (Å²) in [6.07, 6.45) is 1.56. The zero-order valence-corrected chi connectivity index (χ0v) is 13.7. The van der Waals surface area contributed by atoms with Crippen LogP contribution in [0.4, 0.5) is 5.69 Å². The number of thioether (sulfide) groups is 1. The summed E-state index contributed by atoms with van der Waals surface area (Å²) in [5.74, 6) is 0.821. The Kier molecular flexibility index (Phi) is 3.46. The fourth-order valence-electron chi connectivity index (χ4n) is 2.65. The Labute approximate surface area is 128 Å². The number of nitrogens with zero attached hydrogens (tertiary/aromatic N) is 1. The van der Waals surface area contributed by atoms with Crippen molar-refractivity contribution in [1.82, 2.24) is 9.29 Å². The molecule has 0 bridgehead atoms. The number of H-pyrrole nitrogens is 1. The second kappa shape index (κ2) is 4.93. The summed E-state index contributed by atoms with van der Waals surface area (Å²) in [5.41, 5.74) is 7.10. The Morgan fingerprint density at radius 3 is 2.86 bits per heavy atom. The van der Waals surface area contributed by atoms with E-state index in [0.29, 0.717) is 29.1 Å². The van der Waals surface area contributed by atoms with E-state index in [4.69, 9.17) is 5.73 Å². The second-order valence-corrected chi connectivity index (χ2v) is 9.61. The summed E-state index contributed by atoms with van der Waals surface area (Å²) >= 11 is 1.81. The minimum absolute atomic E-state index is 0.0537. The van der Waals surface area contributed by atoms with Crippen LogP contribution in [0.1, 0.15) is 13.8 Å². The van der Waals surface area contributed by atoms with Crippen molar-refractivity contribution in [2.75, 3.05) is 24.6 Å². The van der Waals surface area contributed by atoms with E-state index in [1.54, 1.807) is 28.7 Å². The van der Waals surface area contributed by atoms with E-state index in [2.05, 4.69) is 18.8 Å². The summed E-state index contributed by atoms with van der Waals surface area (Å²) < 4.78 is 27.3. The Bertz CT molecular complexity index is 781. The first-order valence-electron chi connectivity index (χ1n) is 6.80. The Hall–Kier alpha value is -1.18. The highest BCUT2D eigenvalue weighted by atomic mass is 32.2. The largest absolute Gasteiger partial charge is 0.399 e. The molecule has 7 heteroatoms. The number of hydrogen-bond donors (Lipinski definition) is 2. The molecule has 0 aliphatic carbocycles. The van der Waals surface area contributed by atoms with Gasteiger partial charge in [-0.3, -0.25) is 0 Å². The van der Waals surface area contributed by atoms with Crippen LogP contribution >= 0.6 is 11.8 Å². The average molecular weight is 325 g/mol. The lowest BCUT2D eigenvalue weighted by atomic mass is 10.2. The normalized spacial score (nSPS) is 19.9. The van der Waals surface area contributed by atoms with Gasteiger partial charge in [-0.25, -0.2) is 8.42 Å². The molecule has 3 rings (SSSR count). The third-order valence-corrected chi connectivity index (χ3v) is 6.86. The highest BCUT2D eigenvalue weighted by Gasteiger charge is 2.35. The molecule has 1 aliphatic heterocycles. The minimum atomic E-state index is -3.48. The van der Waals surface area contributed by atoms with Gasteiger partial charge < -0.3 is 10.7 Å². The van der Waals surface area contributed by atoms with Gasteiger partial charge in [0.05, 0.1) is 0 Å². The lowest BCUT2D eigenvalue weighted by Gasteiger charge is -2.36. The first-order valence-corrected chi connectivity index (χ1v) is 9.23. The molecule has 0 unspecified atom stereocenters. The van der Waals surface area contributed by atoms with Crippen LogP contribution in [0.5, 0.6) is 0 Å². The third kappa shape index (κ3) is 2.65. The summed E-state index contributed by atoms with van der Waals surface area (Å²) in [4.78, 5) is 3.34. The number of sulfonamides is 1. The van der Waals surface area contributed by atoms with Crippen LogP contribution in [0.25, 0.3) is 10.9 Å². The van der Waals surface area contributed by atoms with Crippen LogP contribution in [0, 0.1) is 0 Å². The molecule has 1 fully saturated rings. The number of hydrogen-bond acceptors (Lipinski definition) is 4. The molecular weight excluding hydrogens is 306 g/mol. The van der Waals surface area contributed by atoms with Crippen LogP contribution in [0.15, 0.2) is 29.3 Å². The van der Waals surface area contributed by atoms with E-state index in [-0.39, 0.29) is 4.75 Å². The van der Waals surface area contributed by atoms with E-state index in [9.17, 15) is 8.42 Å². The molecule has 1 saturated heterocycles. The van der Waals surface area contributed by atoms with E-state index in [1.165, 1.54) is 0 Å². The zero-order valence-electron chi connectivity index (χ0n) is 12.1. The van der Waals surface area contributed by atoms with Gasteiger partial charge >= 0.3 is 0 Å².